The van der Waals surface area contributed by atoms with Gasteiger partial charge in [0.2, 0.25) is 0 Å². The highest BCUT2D eigenvalue weighted by molar-refractivity contribution is 5.94. The number of benzene rings is 2. The Balaban J connectivity index is 1.45. The molecule has 1 aromatic heterocycles. The second-order valence-electron chi connectivity index (χ2n) is 8.51. The smallest absolute Gasteiger partial charge is 0.254 e. The summed E-state index contributed by atoms with van der Waals surface area (Å²) in [6.07, 6.45) is 4.97. The van der Waals surface area contributed by atoms with Crippen LogP contribution in [0.5, 0.6) is 0 Å². The molecule has 1 N–H and O–H groups in total. The largest absolute Gasteiger partial charge is 0.348 e. The molecule has 0 saturated carbocycles. The van der Waals surface area contributed by atoms with Gasteiger partial charge < -0.3 is 5.32 Å². The third-order valence-corrected chi connectivity index (χ3v) is 5.99. The van der Waals surface area contributed by atoms with Crippen LogP contribution in [0.2, 0.25) is 0 Å². The summed E-state index contributed by atoms with van der Waals surface area (Å²) < 4.78 is 13.1. The van der Waals surface area contributed by atoms with E-state index in [0.717, 1.165) is 37.3 Å². The van der Waals surface area contributed by atoms with E-state index in [4.69, 9.17) is 4.98 Å². The van der Waals surface area contributed by atoms with Gasteiger partial charge in [-0.15, -0.1) is 0 Å². The number of halogens is 1. The van der Waals surface area contributed by atoms with Crippen LogP contribution < -0.4 is 5.32 Å². The zero-order valence-corrected chi connectivity index (χ0v) is 18.6. The molecule has 2 heterocycles. The van der Waals surface area contributed by atoms with E-state index < -0.39 is 0 Å². The second-order valence-corrected chi connectivity index (χ2v) is 8.51. The van der Waals surface area contributed by atoms with Gasteiger partial charge in [0.05, 0.1) is 17.3 Å². The number of piperidine rings is 1. The molecule has 0 unspecified atom stereocenters. The number of aryl methyl sites for hydroxylation is 2. The van der Waals surface area contributed by atoms with Crippen LogP contribution in [0.15, 0.2) is 54.7 Å². The van der Waals surface area contributed by atoms with E-state index in [9.17, 15) is 9.18 Å². The number of likely N-dealkylation sites (tertiary alicyclic amines) is 1. The van der Waals surface area contributed by atoms with Gasteiger partial charge in [-0.3, -0.25) is 9.69 Å². The van der Waals surface area contributed by atoms with Crippen molar-refractivity contribution < 1.29 is 9.18 Å². The van der Waals surface area contributed by atoms with E-state index in [2.05, 4.69) is 46.4 Å². The van der Waals surface area contributed by atoms with Crippen LogP contribution in [0.3, 0.4) is 0 Å². The Morgan fingerprint density at radius 2 is 1.94 bits per heavy atom. The predicted molar refractivity (Wildman–Crippen MR) is 123 cm³/mol. The maximum Gasteiger partial charge on any atom is 0.254 e. The van der Waals surface area contributed by atoms with E-state index in [1.54, 1.807) is 18.3 Å². The van der Waals surface area contributed by atoms with Gasteiger partial charge >= 0.3 is 0 Å². The number of amides is 1. The highest BCUT2D eigenvalue weighted by atomic mass is 19.1. The van der Waals surface area contributed by atoms with Crippen LogP contribution in [0.1, 0.15) is 63.9 Å². The molecule has 166 valence electrons. The quantitative estimate of drug-likeness (QED) is 0.603. The Hall–Kier alpha value is -3.12. The van der Waals surface area contributed by atoms with Gasteiger partial charge in [-0.25, -0.2) is 14.4 Å². The SMILES string of the molecule is Cc1cccc(CN2CCCC[C@@H]2c2ncc(C(=O)NCc3ccc(F)cc3)c(C)n2)c1. The highest BCUT2D eigenvalue weighted by Gasteiger charge is 2.27. The molecule has 0 spiro atoms. The lowest BCUT2D eigenvalue weighted by molar-refractivity contribution is 0.0948. The predicted octanol–water partition coefficient (Wildman–Crippen LogP) is 4.89. The fourth-order valence-corrected chi connectivity index (χ4v) is 4.27. The van der Waals surface area contributed by atoms with Crippen LogP contribution >= 0.6 is 0 Å². The molecule has 0 bridgehead atoms. The van der Waals surface area contributed by atoms with Crippen molar-refractivity contribution in [1.29, 1.82) is 0 Å². The molecule has 1 aliphatic heterocycles. The summed E-state index contributed by atoms with van der Waals surface area (Å²) in [5.41, 5.74) is 4.54. The molecular weight excluding hydrogens is 403 g/mol. The van der Waals surface area contributed by atoms with Gasteiger partial charge in [0, 0.05) is 19.3 Å². The number of carbonyl (C=O) groups is 1. The number of hydrogen-bond donors (Lipinski definition) is 1. The van der Waals surface area contributed by atoms with Crippen molar-refractivity contribution >= 4 is 5.91 Å². The summed E-state index contributed by atoms with van der Waals surface area (Å²) in [5.74, 6) is 0.266. The topological polar surface area (TPSA) is 58.1 Å². The molecule has 1 aliphatic rings. The van der Waals surface area contributed by atoms with Crippen molar-refractivity contribution in [2.45, 2.75) is 52.2 Å². The minimum Gasteiger partial charge on any atom is -0.348 e. The molecule has 1 atom stereocenters. The van der Waals surface area contributed by atoms with E-state index in [1.807, 2.05) is 6.92 Å². The molecule has 0 aliphatic carbocycles. The number of nitrogens with zero attached hydrogens (tertiary/aromatic N) is 3. The lowest BCUT2D eigenvalue weighted by Gasteiger charge is -2.35. The minimum absolute atomic E-state index is 0.152. The van der Waals surface area contributed by atoms with Crippen LogP contribution in [0.4, 0.5) is 4.39 Å². The van der Waals surface area contributed by atoms with E-state index >= 15 is 0 Å². The Kier molecular flexibility index (Phi) is 6.90. The molecule has 6 heteroatoms. The van der Waals surface area contributed by atoms with E-state index in [1.165, 1.54) is 29.7 Å². The van der Waals surface area contributed by atoms with Crippen molar-refractivity contribution in [2.75, 3.05) is 6.54 Å². The number of rotatable bonds is 6. The van der Waals surface area contributed by atoms with Crippen molar-refractivity contribution in [3.63, 3.8) is 0 Å². The Labute approximate surface area is 188 Å². The fraction of sp³-hybridized carbons (Fsp3) is 0.346. The number of hydrogen-bond acceptors (Lipinski definition) is 4. The standard InChI is InChI=1S/C26H29FN4O/c1-18-6-5-7-21(14-18)17-31-13-4-3-8-24(31)25-28-16-23(19(2)30-25)26(32)29-15-20-9-11-22(27)12-10-20/h5-7,9-12,14,16,24H,3-4,8,13,15,17H2,1-2H3,(H,29,32)/t24-/m1/s1. The summed E-state index contributed by atoms with van der Waals surface area (Å²) in [5, 5.41) is 2.87. The van der Waals surface area contributed by atoms with Crippen LogP contribution in [0, 0.1) is 19.7 Å². The second kappa shape index (κ2) is 10.0. The molecule has 4 rings (SSSR count). The zero-order valence-electron chi connectivity index (χ0n) is 18.6. The molecule has 2 aromatic carbocycles. The average Bonchev–Trinajstić information content (AvgIpc) is 2.79. The number of nitrogens with one attached hydrogen (secondary N) is 1. The van der Waals surface area contributed by atoms with E-state index in [0.29, 0.717) is 17.8 Å². The molecule has 5 nitrogen and oxygen atoms in total. The van der Waals surface area contributed by atoms with Gasteiger partial charge in [0.1, 0.15) is 11.6 Å². The third kappa shape index (κ3) is 5.37. The summed E-state index contributed by atoms with van der Waals surface area (Å²) >= 11 is 0. The first kappa shape index (κ1) is 22.1. The lowest BCUT2D eigenvalue weighted by Crippen LogP contribution is -2.34. The monoisotopic (exact) mass is 432 g/mol. The Morgan fingerprint density at radius 3 is 2.69 bits per heavy atom. The maximum atomic E-state index is 13.1. The minimum atomic E-state index is -0.293. The van der Waals surface area contributed by atoms with Crippen LogP contribution in [0.25, 0.3) is 0 Å². The number of aromatic nitrogens is 2. The first-order valence-electron chi connectivity index (χ1n) is 11.2. The summed E-state index contributed by atoms with van der Waals surface area (Å²) in [4.78, 5) is 24.4. The van der Waals surface area contributed by atoms with Gasteiger partial charge in [0.25, 0.3) is 5.91 Å². The lowest BCUT2D eigenvalue weighted by atomic mass is 9.99. The zero-order chi connectivity index (χ0) is 22.5. The first-order valence-corrected chi connectivity index (χ1v) is 11.2. The van der Waals surface area contributed by atoms with Gasteiger partial charge in [-0.2, -0.15) is 0 Å². The van der Waals surface area contributed by atoms with Crippen molar-refractivity contribution in [1.82, 2.24) is 20.2 Å². The highest BCUT2D eigenvalue weighted by Crippen LogP contribution is 2.30. The van der Waals surface area contributed by atoms with Crippen molar-refractivity contribution in [3.05, 3.63) is 94.3 Å². The molecule has 0 radical (unpaired) electrons. The Bertz CT molecular complexity index is 1080. The molecule has 32 heavy (non-hydrogen) atoms. The normalized spacial score (nSPS) is 16.7. The van der Waals surface area contributed by atoms with E-state index in [-0.39, 0.29) is 17.8 Å². The van der Waals surface area contributed by atoms with Crippen molar-refractivity contribution in [2.24, 2.45) is 0 Å². The van der Waals surface area contributed by atoms with Gasteiger partial charge in [-0.1, -0.05) is 48.4 Å². The van der Waals surface area contributed by atoms with Gasteiger partial charge in [0.15, 0.2) is 0 Å². The molecule has 1 amide bonds. The maximum absolute atomic E-state index is 13.1. The molecular formula is C26H29FN4O. The molecule has 1 fully saturated rings. The van der Waals surface area contributed by atoms with Crippen LogP contribution in [-0.4, -0.2) is 27.3 Å². The van der Waals surface area contributed by atoms with Gasteiger partial charge in [-0.05, 0) is 56.5 Å². The summed E-state index contributed by atoms with van der Waals surface area (Å²) in [6, 6.07) is 14.9. The first-order chi connectivity index (χ1) is 15.5. The molecule has 1 saturated heterocycles. The Morgan fingerprint density at radius 1 is 1.12 bits per heavy atom. The number of carbonyl (C=O) groups excluding carboxylic acids is 1. The summed E-state index contributed by atoms with van der Waals surface area (Å²) in [7, 11) is 0. The molecule has 3 aromatic rings. The van der Waals surface area contributed by atoms with Crippen molar-refractivity contribution in [3.8, 4) is 0 Å². The fourth-order valence-electron chi connectivity index (χ4n) is 4.27. The summed E-state index contributed by atoms with van der Waals surface area (Å²) in [6.45, 7) is 6.18. The van der Waals surface area contributed by atoms with Crippen LogP contribution in [-0.2, 0) is 13.1 Å². The third-order valence-electron chi connectivity index (χ3n) is 5.99. The average molecular weight is 433 g/mol.